The van der Waals surface area contributed by atoms with Crippen molar-refractivity contribution in [2.24, 2.45) is 17.6 Å². The van der Waals surface area contributed by atoms with Crippen molar-refractivity contribution in [2.75, 3.05) is 6.61 Å². The number of carbonyl (C=O) groups excluding carboxylic acids is 2. The van der Waals surface area contributed by atoms with Crippen LogP contribution < -0.4 is 21.1 Å². The van der Waals surface area contributed by atoms with Crippen LogP contribution in [0.25, 0.3) is 0 Å². The summed E-state index contributed by atoms with van der Waals surface area (Å²) in [6.45, 7) is 9.18. The van der Waals surface area contributed by atoms with Gasteiger partial charge >= 0.3 is 5.97 Å². The number of aliphatic carboxylic acids is 1. The van der Waals surface area contributed by atoms with Gasteiger partial charge in [-0.05, 0) is 43.4 Å². The monoisotopic (exact) mass is 441 g/mol. The molecule has 0 aliphatic carbocycles. The maximum Gasteiger partial charge on any atom is 0.325 e. The Morgan fingerprint density at radius 3 is 2.30 bits per heavy atom. The van der Waals surface area contributed by atoms with Crippen LogP contribution >= 0.6 is 11.6 Å². The molecule has 1 rings (SSSR count). The van der Waals surface area contributed by atoms with Crippen molar-refractivity contribution in [3.05, 3.63) is 28.8 Å². The predicted molar refractivity (Wildman–Crippen MR) is 116 cm³/mol. The molecule has 9 heteroatoms. The van der Waals surface area contributed by atoms with Crippen LogP contribution in [0.2, 0.25) is 5.02 Å². The molecule has 0 spiro atoms. The molecule has 0 heterocycles. The Hall–Kier alpha value is -2.32. The van der Waals surface area contributed by atoms with E-state index >= 15 is 0 Å². The van der Waals surface area contributed by atoms with Crippen molar-refractivity contribution in [3.63, 3.8) is 0 Å². The fourth-order valence-corrected chi connectivity index (χ4v) is 2.95. The highest BCUT2D eigenvalue weighted by molar-refractivity contribution is 6.30. The third kappa shape index (κ3) is 8.20. The van der Waals surface area contributed by atoms with Gasteiger partial charge in [-0.25, -0.2) is 0 Å². The molecule has 0 unspecified atom stereocenters. The number of amides is 2. The molecule has 0 radical (unpaired) electrons. The summed E-state index contributed by atoms with van der Waals surface area (Å²) >= 11 is 6.05. The van der Waals surface area contributed by atoms with Crippen molar-refractivity contribution in [3.8, 4) is 5.75 Å². The standard InChI is InChI=1S/C21H32ClN3O5/c1-11(2)8-15(23)10-30-17-9-14(22)6-7-16(17)19(26)25-18(12(3)4)20(27)24-13(5)21(28)29/h6-7,9,11-13,15,18H,8,10,23H2,1-5H3,(H,24,27)(H,25,26)(H,28,29)/t13-,15+,18-/m0/s1. The molecule has 0 saturated heterocycles. The molecule has 0 aromatic heterocycles. The zero-order chi connectivity index (χ0) is 23.0. The summed E-state index contributed by atoms with van der Waals surface area (Å²) in [7, 11) is 0. The predicted octanol–water partition coefficient (Wildman–Crippen LogP) is 2.44. The number of nitrogens with one attached hydrogen (secondary N) is 2. The van der Waals surface area contributed by atoms with E-state index in [9.17, 15) is 14.4 Å². The van der Waals surface area contributed by atoms with E-state index in [1.807, 2.05) is 0 Å². The Labute approximate surface area is 182 Å². The fraction of sp³-hybridized carbons (Fsp3) is 0.571. The second-order valence-corrected chi connectivity index (χ2v) is 8.54. The van der Waals surface area contributed by atoms with Gasteiger partial charge in [0.25, 0.3) is 5.91 Å². The van der Waals surface area contributed by atoms with Crippen LogP contribution in [0.5, 0.6) is 5.75 Å². The van der Waals surface area contributed by atoms with Gasteiger partial charge in [0.1, 0.15) is 24.4 Å². The summed E-state index contributed by atoms with van der Waals surface area (Å²) in [5.41, 5.74) is 6.27. The number of nitrogens with two attached hydrogens (primary N) is 1. The van der Waals surface area contributed by atoms with E-state index in [-0.39, 0.29) is 29.9 Å². The van der Waals surface area contributed by atoms with Crippen molar-refractivity contribution >= 4 is 29.4 Å². The topological polar surface area (TPSA) is 131 Å². The van der Waals surface area contributed by atoms with Crippen molar-refractivity contribution in [1.82, 2.24) is 10.6 Å². The first-order valence-electron chi connectivity index (χ1n) is 9.94. The van der Waals surface area contributed by atoms with Crippen molar-refractivity contribution in [1.29, 1.82) is 0 Å². The fourth-order valence-electron chi connectivity index (χ4n) is 2.79. The van der Waals surface area contributed by atoms with Crippen LogP contribution in [-0.2, 0) is 9.59 Å². The van der Waals surface area contributed by atoms with Crippen molar-refractivity contribution in [2.45, 2.75) is 59.2 Å². The average molecular weight is 442 g/mol. The molecular formula is C21H32ClN3O5. The molecule has 0 bridgehead atoms. The number of hydrogen-bond donors (Lipinski definition) is 4. The lowest BCUT2D eigenvalue weighted by Gasteiger charge is -2.23. The molecule has 30 heavy (non-hydrogen) atoms. The Bertz CT molecular complexity index is 754. The van der Waals surface area contributed by atoms with E-state index in [4.69, 9.17) is 27.2 Å². The molecule has 0 aliphatic heterocycles. The van der Waals surface area contributed by atoms with E-state index in [0.29, 0.717) is 10.9 Å². The smallest absolute Gasteiger partial charge is 0.325 e. The van der Waals surface area contributed by atoms with Crippen molar-refractivity contribution < 1.29 is 24.2 Å². The highest BCUT2D eigenvalue weighted by Crippen LogP contribution is 2.24. The molecule has 0 aliphatic rings. The third-order valence-corrected chi connectivity index (χ3v) is 4.62. The number of carboxylic acids is 1. The highest BCUT2D eigenvalue weighted by atomic mass is 35.5. The number of hydrogen-bond acceptors (Lipinski definition) is 5. The van der Waals surface area contributed by atoms with E-state index in [2.05, 4.69) is 24.5 Å². The first kappa shape index (κ1) is 25.7. The van der Waals surface area contributed by atoms with E-state index in [1.165, 1.54) is 19.1 Å². The van der Waals surface area contributed by atoms with E-state index in [1.54, 1.807) is 19.9 Å². The first-order valence-corrected chi connectivity index (χ1v) is 10.3. The number of rotatable bonds is 11. The van der Waals surface area contributed by atoms with Crippen LogP contribution in [0.3, 0.4) is 0 Å². The minimum absolute atomic E-state index is 0.202. The van der Waals surface area contributed by atoms with Crippen LogP contribution in [0, 0.1) is 11.8 Å². The molecule has 1 aromatic rings. The molecule has 0 saturated carbocycles. The molecule has 8 nitrogen and oxygen atoms in total. The summed E-state index contributed by atoms with van der Waals surface area (Å²) < 4.78 is 5.75. The maximum absolute atomic E-state index is 12.9. The quantitative estimate of drug-likeness (QED) is 0.417. The number of carboxylic acid groups (broad SMARTS) is 1. The Morgan fingerprint density at radius 1 is 1.13 bits per heavy atom. The van der Waals surface area contributed by atoms with Gasteiger partial charge < -0.3 is 26.2 Å². The lowest BCUT2D eigenvalue weighted by Crippen LogP contribution is -2.53. The van der Waals surface area contributed by atoms with Crippen LogP contribution in [0.15, 0.2) is 18.2 Å². The van der Waals surface area contributed by atoms with Crippen LogP contribution in [0.4, 0.5) is 0 Å². The van der Waals surface area contributed by atoms with Crippen LogP contribution in [-0.4, -0.2) is 47.6 Å². The SMILES string of the molecule is CC(C)C[C@@H](N)COc1cc(Cl)ccc1C(=O)N[C@H](C(=O)N[C@@H](C)C(=O)O)C(C)C. The van der Waals surface area contributed by atoms with Crippen LogP contribution in [0.1, 0.15) is 51.4 Å². The summed E-state index contributed by atoms with van der Waals surface area (Å²) in [4.78, 5) is 36.3. The van der Waals surface area contributed by atoms with Gasteiger partial charge in [0.05, 0.1) is 5.56 Å². The number of ether oxygens (including phenoxy) is 1. The minimum Gasteiger partial charge on any atom is -0.491 e. The van der Waals surface area contributed by atoms with Gasteiger partial charge in [0.15, 0.2) is 0 Å². The van der Waals surface area contributed by atoms with Gasteiger partial charge in [-0.15, -0.1) is 0 Å². The van der Waals surface area contributed by atoms with Gasteiger partial charge in [0.2, 0.25) is 5.91 Å². The second-order valence-electron chi connectivity index (χ2n) is 8.10. The van der Waals surface area contributed by atoms with Gasteiger partial charge in [-0.1, -0.05) is 39.3 Å². The first-order chi connectivity index (χ1) is 13.9. The lowest BCUT2D eigenvalue weighted by atomic mass is 10.0. The molecular weight excluding hydrogens is 410 g/mol. The van der Waals surface area contributed by atoms with E-state index in [0.717, 1.165) is 6.42 Å². The molecule has 2 amide bonds. The minimum atomic E-state index is -1.16. The van der Waals surface area contributed by atoms with Gasteiger partial charge in [0, 0.05) is 11.1 Å². The zero-order valence-electron chi connectivity index (χ0n) is 18.1. The summed E-state index contributed by atoms with van der Waals surface area (Å²) in [5, 5.41) is 14.4. The normalized spacial score (nSPS) is 14.2. The van der Waals surface area contributed by atoms with E-state index < -0.39 is 29.9 Å². The van der Waals surface area contributed by atoms with Gasteiger partial charge in [-0.2, -0.15) is 0 Å². The average Bonchev–Trinajstić information content (AvgIpc) is 2.63. The molecule has 1 aromatic carbocycles. The maximum atomic E-state index is 12.9. The molecule has 5 N–H and O–H groups in total. The Kier molecular flexibility index (Phi) is 10.1. The number of halogens is 1. The summed E-state index contributed by atoms with van der Waals surface area (Å²) in [5.74, 6) is -1.88. The Morgan fingerprint density at radius 2 is 1.77 bits per heavy atom. The Balaban J connectivity index is 2.97. The zero-order valence-corrected chi connectivity index (χ0v) is 18.8. The molecule has 3 atom stereocenters. The highest BCUT2D eigenvalue weighted by Gasteiger charge is 2.28. The van der Waals surface area contributed by atoms with Gasteiger partial charge in [-0.3, -0.25) is 14.4 Å². The molecule has 168 valence electrons. The summed E-state index contributed by atoms with van der Waals surface area (Å²) in [6, 6.07) is 2.38. The third-order valence-electron chi connectivity index (χ3n) is 4.38. The second kappa shape index (κ2) is 11.8. The number of carbonyl (C=O) groups is 3. The largest absolute Gasteiger partial charge is 0.491 e. The molecule has 0 fully saturated rings. The summed E-state index contributed by atoms with van der Waals surface area (Å²) in [6.07, 6.45) is 0.763. The number of benzene rings is 1. The lowest BCUT2D eigenvalue weighted by molar-refractivity contribution is -0.141.